The van der Waals surface area contributed by atoms with E-state index in [2.05, 4.69) is 16.9 Å². The van der Waals surface area contributed by atoms with Crippen molar-refractivity contribution in [1.82, 2.24) is 5.32 Å². The molecule has 0 bridgehead atoms. The molecule has 1 aromatic carbocycles. The van der Waals surface area contributed by atoms with E-state index in [1.54, 1.807) is 0 Å². The number of aryl methyl sites for hydroxylation is 1. The molecule has 0 saturated heterocycles. The van der Waals surface area contributed by atoms with Crippen LogP contribution in [0.15, 0.2) is 24.3 Å². The lowest BCUT2D eigenvalue weighted by molar-refractivity contribution is -0.118. The summed E-state index contributed by atoms with van der Waals surface area (Å²) in [7, 11) is 0. The molecule has 3 nitrogen and oxygen atoms in total. The molecule has 21 heavy (non-hydrogen) atoms. The number of anilines is 1. The molecule has 2 rings (SSSR count). The van der Waals surface area contributed by atoms with Gasteiger partial charge >= 0.3 is 0 Å². The Morgan fingerprint density at radius 2 is 2.00 bits per heavy atom. The number of amides is 1. The minimum Gasteiger partial charge on any atom is -0.325 e. The number of carbonyl (C=O) groups is 1. The fourth-order valence-electron chi connectivity index (χ4n) is 2.83. The zero-order chi connectivity index (χ0) is 15.2. The van der Waals surface area contributed by atoms with Gasteiger partial charge in [-0.2, -0.15) is 11.8 Å². The molecule has 0 heterocycles. The van der Waals surface area contributed by atoms with Crippen molar-refractivity contribution in [2.75, 3.05) is 11.6 Å². The highest BCUT2D eigenvalue weighted by molar-refractivity contribution is 7.99. The quantitative estimate of drug-likeness (QED) is 0.873. The van der Waals surface area contributed by atoms with E-state index in [1.807, 2.05) is 49.9 Å². The van der Waals surface area contributed by atoms with E-state index in [1.165, 1.54) is 31.2 Å². The highest BCUT2D eigenvalue weighted by Crippen LogP contribution is 2.27. The Labute approximate surface area is 132 Å². The maximum Gasteiger partial charge on any atom is 0.241 e. The Bertz CT molecular complexity index is 460. The van der Waals surface area contributed by atoms with E-state index in [4.69, 9.17) is 0 Å². The van der Waals surface area contributed by atoms with Gasteiger partial charge < -0.3 is 10.6 Å². The number of hydrogen-bond donors (Lipinski definition) is 2. The first-order chi connectivity index (χ1) is 10.1. The molecule has 1 amide bonds. The van der Waals surface area contributed by atoms with Gasteiger partial charge in [0.15, 0.2) is 0 Å². The topological polar surface area (TPSA) is 41.1 Å². The normalized spacial score (nSPS) is 23.6. The van der Waals surface area contributed by atoms with Crippen LogP contribution in [0.3, 0.4) is 0 Å². The molecule has 1 aromatic rings. The molecule has 3 unspecified atom stereocenters. The van der Waals surface area contributed by atoms with E-state index >= 15 is 0 Å². The average molecular weight is 306 g/mol. The van der Waals surface area contributed by atoms with Crippen LogP contribution >= 0.6 is 11.8 Å². The minimum absolute atomic E-state index is 0.0464. The Balaban J connectivity index is 1.83. The fraction of sp³-hybridized carbons (Fsp3) is 0.588. The maximum atomic E-state index is 12.2. The summed E-state index contributed by atoms with van der Waals surface area (Å²) in [5.74, 6) is 0.0464. The SMILES string of the molecule is CSC1CCCC(NC(C)C(=O)Nc2ccc(C)cc2)C1. The van der Waals surface area contributed by atoms with Gasteiger partial charge in [-0.15, -0.1) is 0 Å². The summed E-state index contributed by atoms with van der Waals surface area (Å²) in [4.78, 5) is 12.2. The molecule has 116 valence electrons. The van der Waals surface area contributed by atoms with Gasteiger partial charge in [0.25, 0.3) is 0 Å². The van der Waals surface area contributed by atoms with Crippen molar-refractivity contribution in [3.05, 3.63) is 29.8 Å². The van der Waals surface area contributed by atoms with Crippen molar-refractivity contribution in [2.24, 2.45) is 0 Å². The van der Waals surface area contributed by atoms with Crippen LogP contribution in [0.25, 0.3) is 0 Å². The smallest absolute Gasteiger partial charge is 0.241 e. The molecule has 4 heteroatoms. The number of rotatable bonds is 5. The number of thioether (sulfide) groups is 1. The van der Waals surface area contributed by atoms with Crippen LogP contribution < -0.4 is 10.6 Å². The van der Waals surface area contributed by atoms with Crippen LogP contribution in [0, 0.1) is 6.92 Å². The monoisotopic (exact) mass is 306 g/mol. The second-order valence-corrected chi connectivity index (χ2v) is 7.10. The largest absolute Gasteiger partial charge is 0.325 e. The maximum absolute atomic E-state index is 12.2. The van der Waals surface area contributed by atoms with E-state index in [0.29, 0.717) is 6.04 Å². The van der Waals surface area contributed by atoms with Gasteiger partial charge in [0.2, 0.25) is 5.91 Å². The molecular weight excluding hydrogens is 280 g/mol. The third-order valence-corrected chi connectivity index (χ3v) is 5.25. The van der Waals surface area contributed by atoms with Crippen LogP contribution in [0.2, 0.25) is 0 Å². The van der Waals surface area contributed by atoms with Crippen LogP contribution in [0.4, 0.5) is 5.69 Å². The number of benzene rings is 1. The molecule has 1 aliphatic rings. The van der Waals surface area contributed by atoms with Crippen LogP contribution in [0.1, 0.15) is 38.2 Å². The van der Waals surface area contributed by atoms with E-state index in [-0.39, 0.29) is 11.9 Å². The number of carbonyl (C=O) groups excluding carboxylic acids is 1. The van der Waals surface area contributed by atoms with Crippen molar-refractivity contribution in [2.45, 2.75) is 56.9 Å². The van der Waals surface area contributed by atoms with Gasteiger partial charge in [-0.25, -0.2) is 0 Å². The molecule has 0 aliphatic heterocycles. The van der Waals surface area contributed by atoms with Crippen LogP contribution in [-0.4, -0.2) is 29.5 Å². The van der Waals surface area contributed by atoms with Gasteiger partial charge in [-0.05, 0) is 51.5 Å². The first-order valence-electron chi connectivity index (χ1n) is 7.75. The lowest BCUT2D eigenvalue weighted by atomic mass is 9.94. The van der Waals surface area contributed by atoms with Gasteiger partial charge in [-0.1, -0.05) is 24.1 Å². The molecule has 0 aromatic heterocycles. The zero-order valence-corrected chi connectivity index (χ0v) is 14.0. The molecule has 0 spiro atoms. The highest BCUT2D eigenvalue weighted by atomic mass is 32.2. The summed E-state index contributed by atoms with van der Waals surface area (Å²) >= 11 is 1.95. The van der Waals surface area contributed by atoms with Crippen molar-refractivity contribution in [1.29, 1.82) is 0 Å². The standard InChI is InChI=1S/C17H26N2OS/c1-12-7-9-14(10-8-12)19-17(20)13(2)18-15-5-4-6-16(11-15)21-3/h7-10,13,15-16,18H,4-6,11H2,1-3H3,(H,19,20). The summed E-state index contributed by atoms with van der Waals surface area (Å²) in [6.45, 7) is 3.99. The van der Waals surface area contributed by atoms with Crippen molar-refractivity contribution in [3.63, 3.8) is 0 Å². The first kappa shape index (κ1) is 16.4. The van der Waals surface area contributed by atoms with Crippen LogP contribution in [0.5, 0.6) is 0 Å². The number of hydrogen-bond acceptors (Lipinski definition) is 3. The minimum atomic E-state index is -0.156. The third kappa shape index (κ3) is 5.04. The van der Waals surface area contributed by atoms with E-state index in [0.717, 1.165) is 10.9 Å². The molecule has 2 N–H and O–H groups in total. The zero-order valence-electron chi connectivity index (χ0n) is 13.2. The fourth-order valence-corrected chi connectivity index (χ4v) is 3.65. The first-order valence-corrected chi connectivity index (χ1v) is 9.03. The summed E-state index contributed by atoms with van der Waals surface area (Å²) in [5, 5.41) is 7.21. The second kappa shape index (κ2) is 7.85. The van der Waals surface area contributed by atoms with Crippen molar-refractivity contribution in [3.8, 4) is 0 Å². The second-order valence-electron chi connectivity index (χ2n) is 5.96. The van der Waals surface area contributed by atoms with Crippen LogP contribution in [-0.2, 0) is 4.79 Å². The summed E-state index contributed by atoms with van der Waals surface area (Å²) in [6, 6.07) is 8.23. The lowest BCUT2D eigenvalue weighted by Crippen LogP contribution is -2.46. The summed E-state index contributed by atoms with van der Waals surface area (Å²) in [6.07, 6.45) is 7.10. The Kier molecular flexibility index (Phi) is 6.12. The van der Waals surface area contributed by atoms with Gasteiger partial charge in [0.05, 0.1) is 6.04 Å². The molecular formula is C17H26N2OS. The third-order valence-electron chi connectivity index (χ3n) is 4.16. The van der Waals surface area contributed by atoms with E-state index in [9.17, 15) is 4.79 Å². The highest BCUT2D eigenvalue weighted by Gasteiger charge is 2.24. The molecule has 3 atom stereocenters. The lowest BCUT2D eigenvalue weighted by Gasteiger charge is -2.30. The summed E-state index contributed by atoms with van der Waals surface area (Å²) in [5.41, 5.74) is 2.06. The number of nitrogens with one attached hydrogen (secondary N) is 2. The Morgan fingerprint density at radius 1 is 1.29 bits per heavy atom. The predicted octanol–water partition coefficient (Wildman–Crippen LogP) is 3.59. The van der Waals surface area contributed by atoms with Gasteiger partial charge in [0.1, 0.15) is 0 Å². The molecule has 0 radical (unpaired) electrons. The van der Waals surface area contributed by atoms with Gasteiger partial charge in [0, 0.05) is 17.0 Å². The molecule has 1 saturated carbocycles. The van der Waals surface area contributed by atoms with Crippen molar-refractivity contribution < 1.29 is 4.79 Å². The Hall–Kier alpha value is -1.00. The average Bonchev–Trinajstić information content (AvgIpc) is 2.49. The predicted molar refractivity (Wildman–Crippen MR) is 92.0 cm³/mol. The summed E-state index contributed by atoms with van der Waals surface area (Å²) < 4.78 is 0. The molecule has 1 fully saturated rings. The van der Waals surface area contributed by atoms with Crippen molar-refractivity contribution >= 4 is 23.4 Å². The molecule has 1 aliphatic carbocycles. The van der Waals surface area contributed by atoms with E-state index < -0.39 is 0 Å². The van der Waals surface area contributed by atoms with Gasteiger partial charge in [-0.3, -0.25) is 4.79 Å². The Morgan fingerprint density at radius 3 is 2.67 bits per heavy atom.